The summed E-state index contributed by atoms with van der Waals surface area (Å²) < 4.78 is 1.86. The van der Waals surface area contributed by atoms with Crippen molar-refractivity contribution in [1.82, 2.24) is 9.78 Å². The van der Waals surface area contributed by atoms with E-state index in [2.05, 4.69) is 31.2 Å². The molecule has 0 bridgehead atoms. The van der Waals surface area contributed by atoms with Crippen LogP contribution >= 0.6 is 0 Å². The average Bonchev–Trinajstić information content (AvgIpc) is 3.03. The van der Waals surface area contributed by atoms with Crippen molar-refractivity contribution < 1.29 is 4.79 Å². The van der Waals surface area contributed by atoms with Crippen LogP contribution in [0.1, 0.15) is 46.9 Å². The number of hydrogen-bond donors (Lipinski definition) is 1. The van der Waals surface area contributed by atoms with Crippen LogP contribution in [0.25, 0.3) is 5.69 Å². The summed E-state index contributed by atoms with van der Waals surface area (Å²) in [7, 11) is 0. The van der Waals surface area contributed by atoms with E-state index in [-0.39, 0.29) is 11.8 Å². The van der Waals surface area contributed by atoms with Crippen molar-refractivity contribution in [2.24, 2.45) is 0 Å². The number of nitrogens with one attached hydrogen (secondary N) is 1. The first-order chi connectivity index (χ1) is 12.0. The number of anilines is 1. The van der Waals surface area contributed by atoms with Gasteiger partial charge < -0.3 is 5.32 Å². The van der Waals surface area contributed by atoms with Gasteiger partial charge in [0.1, 0.15) is 0 Å². The Balaban J connectivity index is 1.94. The number of carbonyl (C=O) groups excluding carboxylic acids is 1. The summed E-state index contributed by atoms with van der Waals surface area (Å²) in [5.74, 6) is 0.0356. The topological polar surface area (TPSA) is 46.9 Å². The summed E-state index contributed by atoms with van der Waals surface area (Å²) in [5, 5.41) is 7.43. The standard InChI is InChI=1S/C21H23N3O/c1-14(2)20-19(21(25)23-17-9-5-15(3)6-10-17)13-22-24(20)18-11-7-16(4)8-12-18/h5-14H,1-4H3,(H,23,25). The molecular formula is C21H23N3O. The van der Waals surface area contributed by atoms with Crippen molar-refractivity contribution >= 4 is 11.6 Å². The maximum absolute atomic E-state index is 12.8. The lowest BCUT2D eigenvalue weighted by molar-refractivity contribution is 0.102. The molecule has 1 amide bonds. The molecule has 1 N–H and O–H groups in total. The summed E-state index contributed by atoms with van der Waals surface area (Å²) in [6.45, 7) is 8.22. The van der Waals surface area contributed by atoms with Gasteiger partial charge in [0.15, 0.2) is 0 Å². The fraction of sp³-hybridized carbons (Fsp3) is 0.238. The van der Waals surface area contributed by atoms with Crippen LogP contribution in [-0.4, -0.2) is 15.7 Å². The van der Waals surface area contributed by atoms with Gasteiger partial charge in [-0.15, -0.1) is 0 Å². The number of aromatic nitrogens is 2. The minimum absolute atomic E-state index is 0.133. The Hall–Kier alpha value is -2.88. The zero-order chi connectivity index (χ0) is 18.0. The summed E-state index contributed by atoms with van der Waals surface area (Å²) in [6, 6.07) is 15.9. The zero-order valence-electron chi connectivity index (χ0n) is 15.1. The average molecular weight is 333 g/mol. The molecule has 0 spiro atoms. The lowest BCUT2D eigenvalue weighted by Crippen LogP contribution is -2.15. The second-order valence-corrected chi connectivity index (χ2v) is 6.67. The van der Waals surface area contributed by atoms with Crippen molar-refractivity contribution in [3.63, 3.8) is 0 Å². The molecule has 1 aromatic heterocycles. The number of hydrogen-bond acceptors (Lipinski definition) is 2. The maximum Gasteiger partial charge on any atom is 0.259 e. The van der Waals surface area contributed by atoms with Gasteiger partial charge in [0.05, 0.1) is 23.1 Å². The van der Waals surface area contributed by atoms with Gasteiger partial charge in [-0.25, -0.2) is 4.68 Å². The summed E-state index contributed by atoms with van der Waals surface area (Å²) in [5.41, 5.74) is 5.62. The molecule has 0 fully saturated rings. The molecular weight excluding hydrogens is 310 g/mol. The Bertz CT molecular complexity index is 875. The molecule has 4 heteroatoms. The molecule has 0 aliphatic rings. The fourth-order valence-electron chi connectivity index (χ4n) is 2.82. The zero-order valence-corrected chi connectivity index (χ0v) is 15.1. The van der Waals surface area contributed by atoms with Crippen LogP contribution in [-0.2, 0) is 0 Å². The number of nitrogens with zero attached hydrogens (tertiary/aromatic N) is 2. The Morgan fingerprint density at radius 3 is 2.08 bits per heavy atom. The van der Waals surface area contributed by atoms with Crippen LogP contribution in [0, 0.1) is 13.8 Å². The fourth-order valence-corrected chi connectivity index (χ4v) is 2.82. The van der Waals surface area contributed by atoms with E-state index in [1.165, 1.54) is 5.56 Å². The predicted octanol–water partition coefficient (Wildman–Crippen LogP) is 4.86. The summed E-state index contributed by atoms with van der Waals surface area (Å²) >= 11 is 0. The van der Waals surface area contributed by atoms with Crippen molar-refractivity contribution in [3.8, 4) is 5.69 Å². The molecule has 0 unspecified atom stereocenters. The highest BCUT2D eigenvalue weighted by Gasteiger charge is 2.21. The Morgan fingerprint density at radius 1 is 0.960 bits per heavy atom. The minimum Gasteiger partial charge on any atom is -0.322 e. The number of aryl methyl sites for hydroxylation is 2. The van der Waals surface area contributed by atoms with Crippen LogP contribution in [0.5, 0.6) is 0 Å². The molecule has 0 saturated carbocycles. The highest BCUT2D eigenvalue weighted by Crippen LogP contribution is 2.24. The number of benzene rings is 2. The van der Waals surface area contributed by atoms with Crippen molar-refractivity contribution in [3.05, 3.63) is 77.1 Å². The summed E-state index contributed by atoms with van der Waals surface area (Å²) in [6.07, 6.45) is 1.65. The van der Waals surface area contributed by atoms with Gasteiger partial charge in [0.25, 0.3) is 5.91 Å². The van der Waals surface area contributed by atoms with Gasteiger partial charge in [0.2, 0.25) is 0 Å². The lowest BCUT2D eigenvalue weighted by Gasteiger charge is -2.13. The van der Waals surface area contributed by atoms with Crippen LogP contribution in [0.3, 0.4) is 0 Å². The van der Waals surface area contributed by atoms with E-state index in [4.69, 9.17) is 0 Å². The third-order valence-corrected chi connectivity index (χ3v) is 4.19. The number of rotatable bonds is 4. The van der Waals surface area contributed by atoms with Gasteiger partial charge in [-0.3, -0.25) is 4.79 Å². The van der Waals surface area contributed by atoms with Gasteiger partial charge in [-0.05, 0) is 44.0 Å². The van der Waals surface area contributed by atoms with Crippen molar-refractivity contribution in [1.29, 1.82) is 0 Å². The van der Waals surface area contributed by atoms with E-state index < -0.39 is 0 Å². The molecule has 0 radical (unpaired) electrons. The number of carbonyl (C=O) groups is 1. The molecule has 0 saturated heterocycles. The maximum atomic E-state index is 12.8. The Kier molecular flexibility index (Phi) is 4.70. The third-order valence-electron chi connectivity index (χ3n) is 4.19. The molecule has 1 heterocycles. The van der Waals surface area contributed by atoms with E-state index in [0.29, 0.717) is 5.56 Å². The second-order valence-electron chi connectivity index (χ2n) is 6.67. The first-order valence-electron chi connectivity index (χ1n) is 8.48. The lowest BCUT2D eigenvalue weighted by atomic mass is 10.0. The molecule has 2 aromatic carbocycles. The monoisotopic (exact) mass is 333 g/mol. The van der Waals surface area contributed by atoms with E-state index in [1.54, 1.807) is 6.20 Å². The largest absolute Gasteiger partial charge is 0.322 e. The van der Waals surface area contributed by atoms with E-state index in [1.807, 2.05) is 60.1 Å². The molecule has 0 atom stereocenters. The Labute approximate surface area is 148 Å². The van der Waals surface area contributed by atoms with E-state index in [9.17, 15) is 4.79 Å². The summed E-state index contributed by atoms with van der Waals surface area (Å²) in [4.78, 5) is 12.8. The van der Waals surface area contributed by atoms with Crippen LogP contribution in [0.15, 0.2) is 54.7 Å². The van der Waals surface area contributed by atoms with Crippen molar-refractivity contribution in [2.45, 2.75) is 33.6 Å². The molecule has 3 rings (SSSR count). The van der Waals surface area contributed by atoms with Gasteiger partial charge in [0, 0.05) is 5.69 Å². The van der Waals surface area contributed by atoms with Gasteiger partial charge >= 0.3 is 0 Å². The van der Waals surface area contributed by atoms with Crippen LogP contribution < -0.4 is 5.32 Å². The smallest absolute Gasteiger partial charge is 0.259 e. The number of amides is 1. The quantitative estimate of drug-likeness (QED) is 0.741. The minimum atomic E-state index is -0.133. The molecule has 4 nitrogen and oxygen atoms in total. The first-order valence-corrected chi connectivity index (χ1v) is 8.48. The first kappa shape index (κ1) is 17.0. The van der Waals surface area contributed by atoms with Gasteiger partial charge in [-0.1, -0.05) is 49.2 Å². The molecule has 128 valence electrons. The predicted molar refractivity (Wildman–Crippen MR) is 102 cm³/mol. The normalized spacial score (nSPS) is 10.9. The van der Waals surface area contributed by atoms with E-state index >= 15 is 0 Å². The molecule has 3 aromatic rings. The Morgan fingerprint density at radius 2 is 1.52 bits per heavy atom. The van der Waals surface area contributed by atoms with Gasteiger partial charge in [-0.2, -0.15) is 5.10 Å². The van der Waals surface area contributed by atoms with E-state index in [0.717, 1.165) is 22.6 Å². The van der Waals surface area contributed by atoms with Crippen LogP contribution in [0.4, 0.5) is 5.69 Å². The molecule has 25 heavy (non-hydrogen) atoms. The molecule has 0 aliphatic heterocycles. The second kappa shape index (κ2) is 6.93. The highest BCUT2D eigenvalue weighted by molar-refractivity contribution is 6.05. The molecule has 0 aliphatic carbocycles. The van der Waals surface area contributed by atoms with Crippen molar-refractivity contribution in [2.75, 3.05) is 5.32 Å². The third kappa shape index (κ3) is 3.63. The highest BCUT2D eigenvalue weighted by atomic mass is 16.1. The SMILES string of the molecule is Cc1ccc(NC(=O)c2cnn(-c3ccc(C)cc3)c2C(C)C)cc1. The van der Waals surface area contributed by atoms with Crippen LogP contribution in [0.2, 0.25) is 0 Å².